The van der Waals surface area contributed by atoms with Gasteiger partial charge >= 0.3 is 0 Å². The molecule has 0 fully saturated rings. The fraction of sp³-hybridized carbons (Fsp3) is 0.273. The zero-order valence-electron chi connectivity index (χ0n) is 8.18. The van der Waals surface area contributed by atoms with Crippen LogP contribution in [0.5, 0.6) is 5.75 Å². The van der Waals surface area contributed by atoms with Gasteiger partial charge in [-0.2, -0.15) is 0 Å². The van der Waals surface area contributed by atoms with E-state index in [0.29, 0.717) is 12.4 Å². The summed E-state index contributed by atoms with van der Waals surface area (Å²) in [5.41, 5.74) is 3.18. The van der Waals surface area contributed by atoms with Crippen molar-refractivity contribution in [2.24, 2.45) is 0 Å². The Balaban J connectivity index is 2.68. The van der Waals surface area contributed by atoms with Crippen LogP contribution in [0, 0.1) is 12.7 Å². The Bertz CT molecular complexity index is 347. The molecule has 0 aliphatic carbocycles. The summed E-state index contributed by atoms with van der Waals surface area (Å²) in [6.45, 7) is 4.10. The first kappa shape index (κ1) is 11.1. The Morgan fingerprint density at radius 3 is 2.86 bits per heavy atom. The number of hydrogen-bond donors (Lipinski definition) is 0. The third-order valence-corrected chi connectivity index (χ3v) is 2.15. The number of ether oxygens (including phenoxy) is 1. The van der Waals surface area contributed by atoms with Gasteiger partial charge in [-0.1, -0.05) is 11.6 Å². The lowest BCUT2D eigenvalue weighted by molar-refractivity contribution is 0.349. The van der Waals surface area contributed by atoms with Gasteiger partial charge in [0.15, 0.2) is 0 Å². The van der Waals surface area contributed by atoms with Crippen LogP contribution >= 0.6 is 11.6 Å². The van der Waals surface area contributed by atoms with Crippen molar-refractivity contribution in [1.29, 1.82) is 0 Å². The number of hydrogen-bond acceptors (Lipinski definition) is 1. The second-order valence-corrected chi connectivity index (χ2v) is 3.37. The van der Waals surface area contributed by atoms with Crippen LogP contribution in [0.25, 0.3) is 0 Å². The maximum atomic E-state index is 12.7. The monoisotopic (exact) mass is 214 g/mol. The molecule has 1 rings (SSSR count). The zero-order valence-corrected chi connectivity index (χ0v) is 8.94. The number of benzene rings is 1. The van der Waals surface area contributed by atoms with Crippen LogP contribution in [0.2, 0.25) is 0 Å². The molecular weight excluding hydrogens is 203 g/mol. The molecule has 0 aliphatic rings. The van der Waals surface area contributed by atoms with E-state index in [4.69, 9.17) is 16.3 Å². The minimum Gasteiger partial charge on any atom is -0.489 e. The van der Waals surface area contributed by atoms with Gasteiger partial charge in [-0.15, -0.1) is 0 Å². The van der Waals surface area contributed by atoms with Gasteiger partial charge in [0.05, 0.1) is 0 Å². The molecule has 0 unspecified atom stereocenters. The summed E-state index contributed by atoms with van der Waals surface area (Å²) in [5.74, 6) is 0.434. The summed E-state index contributed by atoms with van der Waals surface area (Å²) in [6.07, 6.45) is 0. The zero-order chi connectivity index (χ0) is 10.6. The smallest absolute Gasteiger partial charge is 0.123 e. The lowest BCUT2D eigenvalue weighted by atomic mass is 10.2. The van der Waals surface area contributed by atoms with Gasteiger partial charge < -0.3 is 4.74 Å². The van der Waals surface area contributed by atoms with Gasteiger partial charge in [0, 0.05) is 5.54 Å². The van der Waals surface area contributed by atoms with Crippen molar-refractivity contribution in [3.05, 3.63) is 40.7 Å². The molecule has 0 amide bonds. The van der Waals surface area contributed by atoms with Crippen LogP contribution in [0.1, 0.15) is 12.5 Å². The maximum absolute atomic E-state index is 12.7. The van der Waals surface area contributed by atoms with Crippen LogP contribution in [-0.2, 0) is 0 Å². The molecular formula is C11H12ClFO. The topological polar surface area (TPSA) is 9.23 Å². The Morgan fingerprint density at radius 1 is 1.57 bits per heavy atom. The van der Waals surface area contributed by atoms with E-state index in [9.17, 15) is 4.39 Å². The van der Waals surface area contributed by atoms with Crippen molar-refractivity contribution in [2.75, 3.05) is 6.61 Å². The lowest BCUT2D eigenvalue weighted by Gasteiger charge is -2.08. The van der Waals surface area contributed by atoms with Crippen molar-refractivity contribution in [3.63, 3.8) is 0 Å². The van der Waals surface area contributed by atoms with E-state index < -0.39 is 0 Å². The molecule has 0 saturated carbocycles. The number of aryl methyl sites for hydroxylation is 1. The second kappa shape index (κ2) is 5.01. The molecule has 0 heterocycles. The van der Waals surface area contributed by atoms with Crippen molar-refractivity contribution >= 4 is 11.6 Å². The Labute approximate surface area is 88.1 Å². The highest BCUT2D eigenvalue weighted by Gasteiger charge is 2.00. The van der Waals surface area contributed by atoms with Gasteiger partial charge in [0.1, 0.15) is 18.2 Å². The summed E-state index contributed by atoms with van der Waals surface area (Å²) in [4.78, 5) is 0. The first-order valence-corrected chi connectivity index (χ1v) is 4.72. The van der Waals surface area contributed by atoms with E-state index in [1.807, 2.05) is 6.92 Å². The lowest BCUT2D eigenvalue weighted by Crippen LogP contribution is -1.99. The van der Waals surface area contributed by atoms with Gasteiger partial charge in [-0.05, 0) is 43.2 Å². The first-order chi connectivity index (χ1) is 6.63. The Hall–Kier alpha value is -1.02. The van der Waals surface area contributed by atoms with E-state index >= 15 is 0 Å². The van der Waals surface area contributed by atoms with Crippen molar-refractivity contribution in [2.45, 2.75) is 13.8 Å². The molecule has 76 valence electrons. The van der Waals surface area contributed by atoms with Crippen LogP contribution in [0.3, 0.4) is 0 Å². The van der Waals surface area contributed by atoms with Gasteiger partial charge in [-0.3, -0.25) is 0 Å². The van der Waals surface area contributed by atoms with Crippen molar-refractivity contribution in [1.82, 2.24) is 0 Å². The molecule has 14 heavy (non-hydrogen) atoms. The largest absolute Gasteiger partial charge is 0.489 e. The SMILES string of the molecule is C/C(=C/Cl)COc1ccc(F)cc1C. The highest BCUT2D eigenvalue weighted by atomic mass is 35.5. The molecule has 0 radical (unpaired) electrons. The van der Waals surface area contributed by atoms with E-state index in [2.05, 4.69) is 0 Å². The van der Waals surface area contributed by atoms with Crippen molar-refractivity contribution < 1.29 is 9.13 Å². The van der Waals surface area contributed by atoms with Crippen LogP contribution in [0.15, 0.2) is 29.3 Å². The highest BCUT2D eigenvalue weighted by Crippen LogP contribution is 2.18. The fourth-order valence-electron chi connectivity index (χ4n) is 0.998. The van der Waals surface area contributed by atoms with Crippen LogP contribution in [0.4, 0.5) is 4.39 Å². The molecule has 1 aromatic carbocycles. The molecule has 0 aromatic heterocycles. The summed E-state index contributed by atoms with van der Waals surface area (Å²) < 4.78 is 18.1. The van der Waals surface area contributed by atoms with Crippen molar-refractivity contribution in [3.8, 4) is 5.75 Å². The maximum Gasteiger partial charge on any atom is 0.123 e. The Kier molecular flexibility index (Phi) is 3.96. The molecule has 1 aromatic rings. The van der Waals surface area contributed by atoms with E-state index in [1.165, 1.54) is 17.7 Å². The second-order valence-electron chi connectivity index (χ2n) is 3.15. The third kappa shape index (κ3) is 3.04. The molecule has 1 nitrogen and oxygen atoms in total. The van der Waals surface area contributed by atoms with E-state index in [0.717, 1.165) is 11.1 Å². The minimum atomic E-state index is -0.251. The molecule has 3 heteroatoms. The fourth-order valence-corrected chi connectivity index (χ4v) is 1.06. The van der Waals surface area contributed by atoms with Gasteiger partial charge in [-0.25, -0.2) is 4.39 Å². The normalized spacial score (nSPS) is 11.6. The molecule has 0 N–H and O–H groups in total. The van der Waals surface area contributed by atoms with Crippen LogP contribution in [-0.4, -0.2) is 6.61 Å². The minimum absolute atomic E-state index is 0.251. The first-order valence-electron chi connectivity index (χ1n) is 4.28. The predicted octanol–water partition coefficient (Wildman–Crippen LogP) is 3.66. The van der Waals surface area contributed by atoms with E-state index in [-0.39, 0.29) is 5.82 Å². The van der Waals surface area contributed by atoms with Crippen LogP contribution < -0.4 is 4.74 Å². The van der Waals surface area contributed by atoms with Gasteiger partial charge in [0.25, 0.3) is 0 Å². The average Bonchev–Trinajstić information content (AvgIpc) is 2.16. The average molecular weight is 215 g/mol. The summed E-state index contributed by atoms with van der Waals surface area (Å²) in [7, 11) is 0. The highest BCUT2D eigenvalue weighted by molar-refractivity contribution is 6.25. The molecule has 0 spiro atoms. The summed E-state index contributed by atoms with van der Waals surface area (Å²) in [6, 6.07) is 4.43. The quantitative estimate of drug-likeness (QED) is 0.746. The standard InChI is InChI=1S/C11H12ClFO/c1-8(6-12)7-14-11-4-3-10(13)5-9(11)2/h3-6H,7H2,1-2H3/b8-6-. The Morgan fingerprint density at radius 2 is 2.29 bits per heavy atom. The van der Waals surface area contributed by atoms with Gasteiger partial charge in [0.2, 0.25) is 0 Å². The molecule has 0 saturated heterocycles. The molecule has 0 bridgehead atoms. The third-order valence-electron chi connectivity index (χ3n) is 1.78. The number of halogens is 2. The number of rotatable bonds is 3. The summed E-state index contributed by atoms with van der Waals surface area (Å²) in [5, 5.41) is 0. The molecule has 0 atom stereocenters. The van der Waals surface area contributed by atoms with E-state index in [1.54, 1.807) is 13.0 Å². The summed E-state index contributed by atoms with van der Waals surface area (Å²) >= 11 is 5.48. The molecule has 0 aliphatic heterocycles. The predicted molar refractivity (Wildman–Crippen MR) is 56.2 cm³/mol.